The lowest BCUT2D eigenvalue weighted by Gasteiger charge is -2.29. The zero-order valence-corrected chi connectivity index (χ0v) is 16.4. The van der Waals surface area contributed by atoms with Crippen LogP contribution in [0.3, 0.4) is 0 Å². The molecule has 1 fully saturated rings. The molecule has 0 amide bonds. The summed E-state index contributed by atoms with van der Waals surface area (Å²) in [5.74, 6) is 0.786. The van der Waals surface area contributed by atoms with Crippen LogP contribution >= 0.6 is 0 Å². The quantitative estimate of drug-likeness (QED) is 0.755. The van der Waals surface area contributed by atoms with Crippen LogP contribution in [0.1, 0.15) is 30.0 Å². The number of nitrogens with one attached hydrogen (secondary N) is 1. The highest BCUT2D eigenvalue weighted by molar-refractivity contribution is 7.92. The van der Waals surface area contributed by atoms with E-state index in [-0.39, 0.29) is 6.04 Å². The first kappa shape index (κ1) is 19.6. The van der Waals surface area contributed by atoms with Gasteiger partial charge in [0.2, 0.25) is 10.0 Å². The number of hydrogen-bond donors (Lipinski definition) is 1. The van der Waals surface area contributed by atoms with Crippen LogP contribution in [0.4, 0.5) is 0 Å². The Morgan fingerprint density at radius 1 is 1.07 bits per heavy atom. The molecule has 0 aliphatic carbocycles. The molecule has 5 nitrogen and oxygen atoms in total. The Labute approximate surface area is 161 Å². The lowest BCUT2D eigenvalue weighted by molar-refractivity contribution is 0.240. The normalized spacial score (nSPS) is 16.6. The molecule has 0 saturated carbocycles. The van der Waals surface area contributed by atoms with Gasteiger partial charge in [0.1, 0.15) is 5.75 Å². The molecule has 0 spiro atoms. The van der Waals surface area contributed by atoms with Crippen molar-refractivity contribution in [3.63, 3.8) is 0 Å². The van der Waals surface area contributed by atoms with Gasteiger partial charge < -0.3 is 4.74 Å². The number of methoxy groups -OCH3 is 1. The zero-order valence-electron chi connectivity index (χ0n) is 15.5. The van der Waals surface area contributed by atoms with E-state index in [1.54, 1.807) is 13.2 Å². The van der Waals surface area contributed by atoms with Crippen molar-refractivity contribution in [3.05, 3.63) is 71.1 Å². The fourth-order valence-electron chi connectivity index (χ4n) is 3.41. The molecule has 1 unspecified atom stereocenters. The van der Waals surface area contributed by atoms with Crippen LogP contribution in [0.25, 0.3) is 6.08 Å². The van der Waals surface area contributed by atoms with Crippen LogP contribution in [0.5, 0.6) is 5.75 Å². The molecule has 27 heavy (non-hydrogen) atoms. The number of nitrogens with zero attached hydrogens (tertiary/aromatic N) is 1. The van der Waals surface area contributed by atoms with Crippen molar-refractivity contribution in [2.75, 3.05) is 26.7 Å². The van der Waals surface area contributed by atoms with E-state index in [0.717, 1.165) is 42.8 Å². The molecule has 0 aromatic heterocycles. The molecule has 1 N–H and O–H groups in total. The van der Waals surface area contributed by atoms with Crippen molar-refractivity contribution in [2.24, 2.45) is 0 Å². The third-order valence-corrected chi connectivity index (χ3v) is 5.86. The van der Waals surface area contributed by atoms with Crippen LogP contribution < -0.4 is 9.46 Å². The summed E-state index contributed by atoms with van der Waals surface area (Å²) in [7, 11) is -1.88. The second-order valence-electron chi connectivity index (χ2n) is 6.61. The number of para-hydroxylation sites is 1. The maximum Gasteiger partial charge on any atom is 0.233 e. The van der Waals surface area contributed by atoms with Gasteiger partial charge in [-0.2, -0.15) is 0 Å². The molecule has 1 atom stereocenters. The van der Waals surface area contributed by atoms with Crippen LogP contribution in [0.15, 0.2) is 60.0 Å². The Morgan fingerprint density at radius 3 is 2.44 bits per heavy atom. The first-order valence-corrected chi connectivity index (χ1v) is 10.7. The van der Waals surface area contributed by atoms with Crippen molar-refractivity contribution in [2.45, 2.75) is 18.9 Å². The Kier molecular flexibility index (Phi) is 6.66. The summed E-state index contributed by atoms with van der Waals surface area (Å²) in [5.41, 5.74) is 1.86. The maximum absolute atomic E-state index is 12.5. The molecule has 1 heterocycles. The van der Waals surface area contributed by atoms with Gasteiger partial charge in [0.05, 0.1) is 13.2 Å². The third kappa shape index (κ3) is 5.42. The van der Waals surface area contributed by atoms with Gasteiger partial charge >= 0.3 is 0 Å². The number of ether oxygens (including phenoxy) is 1. The average Bonchev–Trinajstić information content (AvgIpc) is 3.22. The third-order valence-electron chi connectivity index (χ3n) is 4.80. The molecule has 1 saturated heterocycles. The van der Waals surface area contributed by atoms with Crippen molar-refractivity contribution >= 4 is 16.1 Å². The minimum atomic E-state index is -3.53. The molecule has 6 heteroatoms. The van der Waals surface area contributed by atoms with E-state index in [1.165, 1.54) is 5.41 Å². The minimum Gasteiger partial charge on any atom is -0.496 e. The van der Waals surface area contributed by atoms with Crippen LogP contribution in [0, 0.1) is 0 Å². The highest BCUT2D eigenvalue weighted by Crippen LogP contribution is 2.31. The number of likely N-dealkylation sites (tertiary alicyclic amines) is 1. The predicted octanol–water partition coefficient (Wildman–Crippen LogP) is 3.42. The first-order valence-electron chi connectivity index (χ1n) is 9.19. The molecule has 144 valence electrons. The van der Waals surface area contributed by atoms with Gasteiger partial charge in [-0.1, -0.05) is 48.5 Å². The van der Waals surface area contributed by atoms with Gasteiger partial charge in [0.15, 0.2) is 0 Å². The van der Waals surface area contributed by atoms with Crippen molar-refractivity contribution in [1.29, 1.82) is 0 Å². The van der Waals surface area contributed by atoms with Crippen LogP contribution in [-0.2, 0) is 10.0 Å². The summed E-state index contributed by atoms with van der Waals surface area (Å²) in [4.78, 5) is 2.32. The largest absolute Gasteiger partial charge is 0.496 e. The molecule has 0 bridgehead atoms. The van der Waals surface area contributed by atoms with E-state index in [2.05, 4.69) is 9.62 Å². The summed E-state index contributed by atoms with van der Waals surface area (Å²) in [6.45, 7) is 2.23. The zero-order chi connectivity index (χ0) is 19.1. The van der Waals surface area contributed by atoms with E-state index in [9.17, 15) is 8.42 Å². The number of sulfonamides is 1. The number of benzene rings is 2. The van der Waals surface area contributed by atoms with Gasteiger partial charge in [-0.25, -0.2) is 13.1 Å². The monoisotopic (exact) mass is 386 g/mol. The smallest absolute Gasteiger partial charge is 0.233 e. The Hall–Kier alpha value is -2.15. The van der Waals surface area contributed by atoms with E-state index < -0.39 is 10.0 Å². The summed E-state index contributed by atoms with van der Waals surface area (Å²) in [5, 5.41) is 1.23. The minimum absolute atomic E-state index is 0.0523. The summed E-state index contributed by atoms with van der Waals surface area (Å²) >= 11 is 0. The fraction of sp³-hybridized carbons (Fsp3) is 0.333. The molecular weight excluding hydrogens is 360 g/mol. The van der Waals surface area contributed by atoms with Gasteiger partial charge in [-0.15, -0.1) is 0 Å². The van der Waals surface area contributed by atoms with Gasteiger partial charge in [-0.3, -0.25) is 4.90 Å². The molecule has 2 aromatic carbocycles. The average molecular weight is 387 g/mol. The van der Waals surface area contributed by atoms with Gasteiger partial charge in [-0.05, 0) is 43.6 Å². The SMILES string of the molecule is COc1ccccc1C(CNS(=O)(=O)C=Cc1ccccc1)N1CCCC1. The summed E-state index contributed by atoms with van der Waals surface area (Å²) < 4.78 is 33.2. The predicted molar refractivity (Wildman–Crippen MR) is 109 cm³/mol. The number of hydrogen-bond acceptors (Lipinski definition) is 4. The summed E-state index contributed by atoms with van der Waals surface area (Å²) in [6, 6.07) is 17.2. The van der Waals surface area contributed by atoms with Crippen molar-refractivity contribution < 1.29 is 13.2 Å². The van der Waals surface area contributed by atoms with E-state index in [0.29, 0.717) is 6.54 Å². The Bertz CT molecular complexity index is 860. The fourth-order valence-corrected chi connectivity index (χ4v) is 4.23. The Balaban J connectivity index is 1.75. The van der Waals surface area contributed by atoms with E-state index in [1.807, 2.05) is 54.6 Å². The van der Waals surface area contributed by atoms with E-state index in [4.69, 9.17) is 4.74 Å². The maximum atomic E-state index is 12.5. The van der Waals surface area contributed by atoms with Crippen molar-refractivity contribution in [3.8, 4) is 5.75 Å². The Morgan fingerprint density at radius 2 is 1.74 bits per heavy atom. The molecule has 2 aromatic rings. The molecule has 1 aliphatic heterocycles. The molecule has 0 radical (unpaired) electrons. The van der Waals surface area contributed by atoms with Crippen LogP contribution in [-0.4, -0.2) is 40.1 Å². The number of rotatable bonds is 8. The summed E-state index contributed by atoms with van der Waals surface area (Å²) in [6.07, 6.45) is 3.87. The standard InChI is InChI=1S/C21H26N2O3S/c1-26-21-12-6-5-11-19(21)20(23-14-7-8-15-23)17-22-27(24,25)16-13-18-9-3-2-4-10-18/h2-6,9-13,16,20,22H,7-8,14-15,17H2,1H3. The van der Waals surface area contributed by atoms with E-state index >= 15 is 0 Å². The van der Waals surface area contributed by atoms with Gasteiger partial charge in [0.25, 0.3) is 0 Å². The lowest BCUT2D eigenvalue weighted by atomic mass is 10.0. The first-order chi connectivity index (χ1) is 13.1. The van der Waals surface area contributed by atoms with Crippen LogP contribution in [0.2, 0.25) is 0 Å². The highest BCUT2D eigenvalue weighted by atomic mass is 32.2. The topological polar surface area (TPSA) is 58.6 Å². The molecule has 1 aliphatic rings. The van der Waals surface area contributed by atoms with Gasteiger partial charge in [0, 0.05) is 17.5 Å². The molecular formula is C21H26N2O3S. The lowest BCUT2D eigenvalue weighted by Crippen LogP contribution is -2.36. The highest BCUT2D eigenvalue weighted by Gasteiger charge is 2.26. The van der Waals surface area contributed by atoms with Crippen molar-refractivity contribution in [1.82, 2.24) is 9.62 Å². The second-order valence-corrected chi connectivity index (χ2v) is 8.26. The molecule has 3 rings (SSSR count). The second kappa shape index (κ2) is 9.17.